The molecular formula is C23H27FN4O3. The number of nitrogens with zero attached hydrogens (tertiary/aromatic N) is 3. The van der Waals surface area contributed by atoms with Gasteiger partial charge in [0.1, 0.15) is 18.0 Å². The van der Waals surface area contributed by atoms with Gasteiger partial charge in [-0.3, -0.25) is 4.90 Å². The molecule has 1 aliphatic heterocycles. The third-order valence-electron chi connectivity index (χ3n) is 5.21. The van der Waals surface area contributed by atoms with Gasteiger partial charge in [0, 0.05) is 36.8 Å². The summed E-state index contributed by atoms with van der Waals surface area (Å²) in [4.78, 5) is 10.9. The van der Waals surface area contributed by atoms with Crippen molar-refractivity contribution in [3.05, 3.63) is 48.0 Å². The van der Waals surface area contributed by atoms with E-state index in [4.69, 9.17) is 18.3 Å². The van der Waals surface area contributed by atoms with E-state index in [2.05, 4.69) is 20.2 Å². The van der Waals surface area contributed by atoms with Crippen LogP contribution in [0.4, 0.5) is 15.9 Å². The van der Waals surface area contributed by atoms with Crippen LogP contribution in [0.1, 0.15) is 16.1 Å². The molecule has 4 rings (SSSR count). The highest BCUT2D eigenvalue weighted by Gasteiger charge is 2.13. The highest BCUT2D eigenvalue weighted by atomic mass is 19.1. The lowest BCUT2D eigenvalue weighted by molar-refractivity contribution is 0.0357. The molecule has 8 heteroatoms. The summed E-state index contributed by atoms with van der Waals surface area (Å²) in [5, 5.41) is 3.79. The number of fused-ring (bicyclic) bond motifs is 1. The highest BCUT2D eigenvalue weighted by Crippen LogP contribution is 2.35. The van der Waals surface area contributed by atoms with Gasteiger partial charge in [0.05, 0.1) is 36.5 Å². The SMILES string of the molecule is [2H]C([2H])([2H])Oc1cc2ncnc(Nc3ccc(F)c(C)c3)c2cc1OCCCN1CCOCC1. The Morgan fingerprint density at radius 3 is 2.87 bits per heavy atom. The molecule has 0 spiro atoms. The smallest absolute Gasteiger partial charge is 0.162 e. The van der Waals surface area contributed by atoms with E-state index in [0.29, 0.717) is 40.3 Å². The van der Waals surface area contributed by atoms with Gasteiger partial charge < -0.3 is 19.5 Å². The lowest BCUT2D eigenvalue weighted by Gasteiger charge is -2.26. The number of anilines is 2. The zero-order valence-corrected chi connectivity index (χ0v) is 17.4. The van der Waals surface area contributed by atoms with Gasteiger partial charge in [0.2, 0.25) is 0 Å². The first-order chi connectivity index (χ1) is 16.3. The zero-order valence-electron chi connectivity index (χ0n) is 20.4. The number of rotatable bonds is 8. The van der Waals surface area contributed by atoms with Crippen LogP contribution in [-0.2, 0) is 4.74 Å². The lowest BCUT2D eigenvalue weighted by Crippen LogP contribution is -2.37. The molecule has 1 N–H and O–H groups in total. The maximum atomic E-state index is 13.7. The Bertz CT molecular complexity index is 1140. The van der Waals surface area contributed by atoms with Crippen molar-refractivity contribution in [1.82, 2.24) is 14.9 Å². The number of aromatic nitrogens is 2. The van der Waals surface area contributed by atoms with E-state index in [0.717, 1.165) is 39.3 Å². The van der Waals surface area contributed by atoms with Gasteiger partial charge in [-0.05, 0) is 43.2 Å². The topological polar surface area (TPSA) is 68.7 Å². The molecule has 0 aliphatic carbocycles. The van der Waals surface area contributed by atoms with E-state index in [-0.39, 0.29) is 11.6 Å². The van der Waals surface area contributed by atoms with E-state index in [1.54, 1.807) is 25.1 Å². The van der Waals surface area contributed by atoms with Crippen molar-refractivity contribution in [2.45, 2.75) is 13.3 Å². The third-order valence-corrected chi connectivity index (χ3v) is 5.21. The molecule has 0 unspecified atom stereocenters. The second-order valence-corrected chi connectivity index (χ2v) is 7.39. The number of aryl methyl sites for hydroxylation is 1. The van der Waals surface area contributed by atoms with E-state index in [1.807, 2.05) is 0 Å². The largest absolute Gasteiger partial charge is 0.493 e. The van der Waals surface area contributed by atoms with Gasteiger partial charge in [-0.1, -0.05) is 0 Å². The number of methoxy groups -OCH3 is 1. The van der Waals surface area contributed by atoms with Gasteiger partial charge in [-0.2, -0.15) is 0 Å². The molecular weight excluding hydrogens is 399 g/mol. The van der Waals surface area contributed by atoms with Crippen LogP contribution in [-0.4, -0.2) is 61.4 Å². The molecule has 0 bridgehead atoms. The van der Waals surface area contributed by atoms with Crippen molar-refractivity contribution >= 4 is 22.4 Å². The van der Waals surface area contributed by atoms with Crippen LogP contribution in [0.5, 0.6) is 11.5 Å². The van der Waals surface area contributed by atoms with Crippen LogP contribution in [0.3, 0.4) is 0 Å². The van der Waals surface area contributed by atoms with Gasteiger partial charge in [-0.15, -0.1) is 0 Å². The number of hydrogen-bond acceptors (Lipinski definition) is 7. The molecule has 0 radical (unpaired) electrons. The maximum absolute atomic E-state index is 13.7. The van der Waals surface area contributed by atoms with Crippen molar-refractivity contribution in [1.29, 1.82) is 0 Å². The molecule has 0 amide bonds. The summed E-state index contributed by atoms with van der Waals surface area (Å²) in [6.45, 7) is 6.15. The van der Waals surface area contributed by atoms with E-state index in [9.17, 15) is 4.39 Å². The number of hydrogen-bond donors (Lipinski definition) is 1. The first kappa shape index (κ1) is 17.7. The highest BCUT2D eigenvalue weighted by molar-refractivity contribution is 5.93. The minimum absolute atomic E-state index is 0.0844. The quantitative estimate of drug-likeness (QED) is 0.544. The molecule has 7 nitrogen and oxygen atoms in total. The fourth-order valence-electron chi connectivity index (χ4n) is 3.51. The lowest BCUT2D eigenvalue weighted by atomic mass is 10.2. The predicted octanol–water partition coefficient (Wildman–Crippen LogP) is 3.93. The number of morpholine rings is 1. The van der Waals surface area contributed by atoms with Gasteiger partial charge >= 0.3 is 0 Å². The van der Waals surface area contributed by atoms with E-state index in [1.165, 1.54) is 18.5 Å². The monoisotopic (exact) mass is 429 g/mol. The summed E-state index contributed by atoms with van der Waals surface area (Å²) in [5.74, 6) is 0.562. The zero-order chi connectivity index (χ0) is 24.1. The Hall–Kier alpha value is -2.97. The number of halogens is 1. The van der Waals surface area contributed by atoms with Gasteiger partial charge in [0.25, 0.3) is 0 Å². The maximum Gasteiger partial charge on any atom is 0.162 e. The number of nitrogens with one attached hydrogen (secondary N) is 1. The molecule has 1 aromatic heterocycles. The molecule has 1 aliphatic rings. The summed E-state index contributed by atoms with van der Waals surface area (Å²) >= 11 is 0. The van der Waals surface area contributed by atoms with Crippen molar-refractivity contribution in [2.75, 3.05) is 51.8 Å². The minimum Gasteiger partial charge on any atom is -0.493 e. The summed E-state index contributed by atoms with van der Waals surface area (Å²) < 4.78 is 52.7. The predicted molar refractivity (Wildman–Crippen MR) is 118 cm³/mol. The molecule has 0 saturated carbocycles. The van der Waals surface area contributed by atoms with Crippen LogP contribution < -0.4 is 14.8 Å². The molecule has 3 aromatic rings. The molecule has 0 atom stereocenters. The Labute approximate surface area is 185 Å². The van der Waals surface area contributed by atoms with Gasteiger partial charge in [-0.25, -0.2) is 14.4 Å². The fourth-order valence-corrected chi connectivity index (χ4v) is 3.51. The molecule has 2 heterocycles. The molecule has 1 saturated heterocycles. The molecule has 1 fully saturated rings. The molecule has 2 aromatic carbocycles. The Balaban J connectivity index is 1.57. The third kappa shape index (κ3) is 5.21. The van der Waals surface area contributed by atoms with E-state index >= 15 is 0 Å². The average Bonchev–Trinajstić information content (AvgIpc) is 2.79. The summed E-state index contributed by atoms with van der Waals surface area (Å²) in [5.41, 5.74) is 1.65. The number of benzene rings is 2. The Kier molecular flexibility index (Phi) is 5.64. The second kappa shape index (κ2) is 9.89. The first-order valence-corrected chi connectivity index (χ1v) is 10.2. The fraction of sp³-hybridized carbons (Fsp3) is 0.391. The van der Waals surface area contributed by atoms with Gasteiger partial charge in [0.15, 0.2) is 11.5 Å². The summed E-state index contributed by atoms with van der Waals surface area (Å²) in [6, 6.07) is 7.88. The normalized spacial score (nSPS) is 16.4. The van der Waals surface area contributed by atoms with Crippen LogP contribution in [0.2, 0.25) is 0 Å². The molecule has 164 valence electrons. The van der Waals surface area contributed by atoms with Crippen LogP contribution in [0.25, 0.3) is 10.9 Å². The van der Waals surface area contributed by atoms with Crippen LogP contribution in [0, 0.1) is 12.7 Å². The Morgan fingerprint density at radius 2 is 2.06 bits per heavy atom. The van der Waals surface area contributed by atoms with Crippen LogP contribution in [0.15, 0.2) is 36.7 Å². The summed E-state index contributed by atoms with van der Waals surface area (Å²) in [6.07, 6.45) is 2.12. The van der Waals surface area contributed by atoms with E-state index < -0.39 is 7.04 Å². The first-order valence-electron chi connectivity index (χ1n) is 11.7. The molecule has 31 heavy (non-hydrogen) atoms. The van der Waals surface area contributed by atoms with Crippen molar-refractivity contribution < 1.29 is 22.7 Å². The van der Waals surface area contributed by atoms with Crippen molar-refractivity contribution in [3.63, 3.8) is 0 Å². The average molecular weight is 430 g/mol. The van der Waals surface area contributed by atoms with Crippen molar-refractivity contribution in [2.24, 2.45) is 0 Å². The van der Waals surface area contributed by atoms with Crippen molar-refractivity contribution in [3.8, 4) is 11.5 Å². The number of ether oxygens (including phenoxy) is 3. The second-order valence-electron chi connectivity index (χ2n) is 7.39. The Morgan fingerprint density at radius 1 is 1.19 bits per heavy atom. The van der Waals surface area contributed by atoms with Crippen LogP contribution >= 0.6 is 0 Å². The summed E-state index contributed by atoms with van der Waals surface area (Å²) in [7, 11) is -2.64. The standard InChI is InChI=1S/C23H27FN4O3/c1-16-12-17(4-5-19(16)24)27-23-18-13-22(21(29-2)14-20(18)25-15-26-23)31-9-3-6-28-7-10-30-11-8-28/h4-5,12-15H,3,6-11H2,1-2H3,(H,25,26,27)/i2D3. The minimum atomic E-state index is -2.64.